The first-order valence-electron chi connectivity index (χ1n) is 6.00. The van der Waals surface area contributed by atoms with Crippen molar-refractivity contribution in [3.63, 3.8) is 0 Å². The van der Waals surface area contributed by atoms with Crippen LogP contribution in [0.4, 0.5) is 11.5 Å². The first kappa shape index (κ1) is 14.9. The monoisotopic (exact) mass is 307 g/mol. The van der Waals surface area contributed by atoms with Crippen molar-refractivity contribution in [3.8, 4) is 0 Å². The number of hydrogen-bond acceptors (Lipinski definition) is 6. The number of nitro groups is 1. The van der Waals surface area contributed by atoms with E-state index >= 15 is 0 Å². The van der Waals surface area contributed by atoms with E-state index in [1.807, 2.05) is 0 Å². The van der Waals surface area contributed by atoms with Crippen LogP contribution in [0, 0.1) is 10.1 Å². The van der Waals surface area contributed by atoms with Crippen molar-refractivity contribution in [1.29, 1.82) is 0 Å². The molecule has 0 aliphatic heterocycles. The topological polar surface area (TPSA) is 102 Å². The summed E-state index contributed by atoms with van der Waals surface area (Å²) in [5, 5.41) is 13.6. The number of nitrogens with zero attached hydrogens (tertiary/aromatic N) is 2. The molecule has 1 aromatic heterocycles. The Balaban J connectivity index is 2.21. The predicted molar refractivity (Wildman–Crippen MR) is 77.8 cm³/mol. The van der Waals surface area contributed by atoms with Crippen molar-refractivity contribution < 1.29 is 13.3 Å². The Labute approximate surface area is 121 Å². The Kier molecular flexibility index (Phi) is 4.18. The molecule has 0 aliphatic carbocycles. The predicted octanol–water partition coefficient (Wildman–Crippen LogP) is 2.01. The van der Waals surface area contributed by atoms with Gasteiger partial charge in [0.25, 0.3) is 5.69 Å². The lowest BCUT2D eigenvalue weighted by Gasteiger charge is -2.09. The molecule has 110 valence electrons. The number of sulfone groups is 1. The van der Waals surface area contributed by atoms with Gasteiger partial charge in [0.1, 0.15) is 10.7 Å². The Morgan fingerprint density at radius 1 is 1.29 bits per heavy atom. The molecule has 0 radical (unpaired) electrons. The molecule has 0 amide bonds. The van der Waals surface area contributed by atoms with Crippen LogP contribution in [0.2, 0.25) is 0 Å². The summed E-state index contributed by atoms with van der Waals surface area (Å²) in [5.74, 6) is 0.228. The summed E-state index contributed by atoms with van der Waals surface area (Å²) < 4.78 is 23.3. The molecule has 0 saturated heterocycles. The number of benzene rings is 1. The van der Waals surface area contributed by atoms with Crippen molar-refractivity contribution in [1.82, 2.24) is 4.98 Å². The third-order valence-electron chi connectivity index (χ3n) is 2.75. The van der Waals surface area contributed by atoms with Crippen molar-refractivity contribution >= 4 is 21.3 Å². The third-order valence-corrected chi connectivity index (χ3v) is 3.88. The standard InChI is InChI=1S/C13H13N3O4S/c1-21(19,20)12-6-3-7-14-13(12)15-9-10-4-2-5-11(8-10)16(17)18/h2-8H,9H2,1H3,(H,14,15). The van der Waals surface area contributed by atoms with E-state index in [1.54, 1.807) is 12.1 Å². The highest BCUT2D eigenvalue weighted by atomic mass is 32.2. The highest BCUT2D eigenvalue weighted by Gasteiger charge is 2.14. The molecule has 8 heteroatoms. The number of nitro benzene ring substituents is 1. The van der Waals surface area contributed by atoms with E-state index in [9.17, 15) is 18.5 Å². The summed E-state index contributed by atoms with van der Waals surface area (Å²) in [6, 6.07) is 9.10. The van der Waals surface area contributed by atoms with E-state index in [4.69, 9.17) is 0 Å². The van der Waals surface area contributed by atoms with Gasteiger partial charge in [-0.15, -0.1) is 0 Å². The highest BCUT2D eigenvalue weighted by molar-refractivity contribution is 7.90. The number of pyridine rings is 1. The van der Waals surface area contributed by atoms with Gasteiger partial charge < -0.3 is 5.32 Å². The van der Waals surface area contributed by atoms with E-state index in [0.717, 1.165) is 6.26 Å². The zero-order chi connectivity index (χ0) is 15.5. The van der Waals surface area contributed by atoms with E-state index in [0.29, 0.717) is 5.56 Å². The van der Waals surface area contributed by atoms with Crippen molar-refractivity contribution in [3.05, 3.63) is 58.3 Å². The minimum Gasteiger partial charge on any atom is -0.365 e. The maximum Gasteiger partial charge on any atom is 0.269 e. The lowest BCUT2D eigenvalue weighted by atomic mass is 10.2. The molecule has 0 unspecified atom stereocenters. The van der Waals surface area contributed by atoms with E-state index in [1.165, 1.54) is 30.5 Å². The molecule has 0 bridgehead atoms. The Bertz CT molecular complexity index is 774. The molecule has 0 aliphatic rings. The smallest absolute Gasteiger partial charge is 0.269 e. The molecule has 0 saturated carbocycles. The number of rotatable bonds is 5. The molecule has 1 aromatic carbocycles. The number of anilines is 1. The van der Waals surface area contributed by atoms with Crippen LogP contribution in [0.25, 0.3) is 0 Å². The fraction of sp³-hybridized carbons (Fsp3) is 0.154. The average molecular weight is 307 g/mol. The average Bonchev–Trinajstić information content (AvgIpc) is 2.45. The first-order valence-corrected chi connectivity index (χ1v) is 7.89. The fourth-order valence-electron chi connectivity index (χ4n) is 1.79. The highest BCUT2D eigenvalue weighted by Crippen LogP contribution is 2.19. The molecule has 0 fully saturated rings. The van der Waals surface area contributed by atoms with Crippen LogP contribution in [0.5, 0.6) is 0 Å². The number of non-ortho nitro benzene ring substituents is 1. The van der Waals surface area contributed by atoms with Gasteiger partial charge in [0.05, 0.1) is 4.92 Å². The van der Waals surface area contributed by atoms with Gasteiger partial charge in [-0.3, -0.25) is 10.1 Å². The van der Waals surface area contributed by atoms with Crippen LogP contribution in [0.1, 0.15) is 5.56 Å². The van der Waals surface area contributed by atoms with Crippen LogP contribution in [-0.2, 0) is 16.4 Å². The second kappa shape index (κ2) is 5.88. The van der Waals surface area contributed by atoms with Crippen LogP contribution in [-0.4, -0.2) is 24.6 Å². The SMILES string of the molecule is CS(=O)(=O)c1cccnc1NCc1cccc([N+](=O)[O-])c1. The quantitative estimate of drug-likeness (QED) is 0.669. The van der Waals surface area contributed by atoms with Gasteiger partial charge in [0, 0.05) is 31.1 Å². The van der Waals surface area contributed by atoms with Crippen molar-refractivity contribution in [2.75, 3.05) is 11.6 Å². The molecule has 0 atom stereocenters. The third kappa shape index (κ3) is 3.76. The molecule has 21 heavy (non-hydrogen) atoms. The van der Waals surface area contributed by atoms with Crippen LogP contribution in [0.3, 0.4) is 0 Å². The molecular formula is C13H13N3O4S. The molecule has 1 heterocycles. The lowest BCUT2D eigenvalue weighted by Crippen LogP contribution is -2.08. The van der Waals surface area contributed by atoms with Gasteiger partial charge in [-0.2, -0.15) is 0 Å². The van der Waals surface area contributed by atoms with E-state index in [2.05, 4.69) is 10.3 Å². The summed E-state index contributed by atoms with van der Waals surface area (Å²) in [7, 11) is -3.39. The summed E-state index contributed by atoms with van der Waals surface area (Å²) in [6.45, 7) is 0.237. The minimum absolute atomic E-state index is 0.0151. The van der Waals surface area contributed by atoms with Crippen molar-refractivity contribution in [2.24, 2.45) is 0 Å². The number of nitrogens with one attached hydrogen (secondary N) is 1. The zero-order valence-electron chi connectivity index (χ0n) is 11.2. The first-order chi connectivity index (χ1) is 9.88. The Morgan fingerprint density at radius 2 is 2.05 bits per heavy atom. The summed E-state index contributed by atoms with van der Waals surface area (Å²) >= 11 is 0. The second-order valence-corrected chi connectivity index (χ2v) is 6.39. The van der Waals surface area contributed by atoms with Crippen LogP contribution in [0.15, 0.2) is 47.5 Å². The fourth-order valence-corrected chi connectivity index (χ4v) is 2.59. The molecule has 1 N–H and O–H groups in total. The molecule has 7 nitrogen and oxygen atoms in total. The maximum atomic E-state index is 11.6. The van der Waals surface area contributed by atoms with Gasteiger partial charge in [-0.25, -0.2) is 13.4 Å². The summed E-state index contributed by atoms with van der Waals surface area (Å²) in [4.78, 5) is 14.3. The van der Waals surface area contributed by atoms with Gasteiger partial charge in [-0.05, 0) is 17.7 Å². The van der Waals surface area contributed by atoms with E-state index < -0.39 is 14.8 Å². The van der Waals surface area contributed by atoms with Crippen molar-refractivity contribution in [2.45, 2.75) is 11.4 Å². The minimum atomic E-state index is -3.39. The van der Waals surface area contributed by atoms with Gasteiger partial charge in [0.15, 0.2) is 9.84 Å². The van der Waals surface area contributed by atoms with Crippen LogP contribution < -0.4 is 5.32 Å². The maximum absolute atomic E-state index is 11.6. The van der Waals surface area contributed by atoms with Gasteiger partial charge in [0.2, 0.25) is 0 Å². The van der Waals surface area contributed by atoms with E-state index in [-0.39, 0.29) is 22.9 Å². The summed E-state index contributed by atoms with van der Waals surface area (Å²) in [6.07, 6.45) is 2.58. The molecular weight excluding hydrogens is 294 g/mol. The number of aromatic nitrogens is 1. The molecule has 2 aromatic rings. The van der Waals surface area contributed by atoms with Crippen LogP contribution >= 0.6 is 0 Å². The Hall–Kier alpha value is -2.48. The Morgan fingerprint density at radius 3 is 2.71 bits per heavy atom. The number of hydrogen-bond donors (Lipinski definition) is 1. The summed E-state index contributed by atoms with van der Waals surface area (Å²) in [5.41, 5.74) is 0.646. The van der Waals surface area contributed by atoms with Gasteiger partial charge >= 0.3 is 0 Å². The van der Waals surface area contributed by atoms with Gasteiger partial charge in [-0.1, -0.05) is 12.1 Å². The molecule has 2 rings (SSSR count). The normalized spacial score (nSPS) is 11.1. The lowest BCUT2D eigenvalue weighted by molar-refractivity contribution is -0.384. The molecule has 0 spiro atoms. The largest absolute Gasteiger partial charge is 0.365 e. The second-order valence-electron chi connectivity index (χ2n) is 4.40. The zero-order valence-corrected chi connectivity index (χ0v) is 12.0.